The van der Waals surface area contributed by atoms with Crippen LogP contribution in [0.15, 0.2) is 67.0 Å². The highest BCUT2D eigenvalue weighted by molar-refractivity contribution is 6.06. The van der Waals surface area contributed by atoms with Crippen molar-refractivity contribution in [1.29, 1.82) is 0 Å². The van der Waals surface area contributed by atoms with Crippen molar-refractivity contribution in [1.82, 2.24) is 10.3 Å². The topological polar surface area (TPSA) is 71.1 Å². The average molecular weight is 359 g/mol. The van der Waals surface area contributed by atoms with Crippen molar-refractivity contribution in [3.05, 3.63) is 94.8 Å². The lowest BCUT2D eigenvalue weighted by atomic mass is 10.1. The fourth-order valence-electron chi connectivity index (χ4n) is 2.84. The summed E-state index contributed by atoms with van der Waals surface area (Å²) in [6.07, 6.45) is 3.39. The van der Waals surface area contributed by atoms with Crippen LogP contribution in [0.1, 0.15) is 37.4 Å². The first-order valence-electron chi connectivity index (χ1n) is 8.68. The van der Waals surface area contributed by atoms with Crippen LogP contribution in [0.25, 0.3) is 0 Å². The Morgan fingerprint density at radius 1 is 0.889 bits per heavy atom. The van der Waals surface area contributed by atoms with Gasteiger partial charge in [-0.1, -0.05) is 18.2 Å². The van der Waals surface area contributed by atoms with E-state index in [-0.39, 0.29) is 11.8 Å². The van der Waals surface area contributed by atoms with E-state index in [4.69, 9.17) is 0 Å². The van der Waals surface area contributed by atoms with Crippen LogP contribution in [0.2, 0.25) is 0 Å². The molecule has 0 saturated heterocycles. The molecule has 5 nitrogen and oxygen atoms in total. The summed E-state index contributed by atoms with van der Waals surface area (Å²) in [6.45, 7) is 4.34. The summed E-state index contributed by atoms with van der Waals surface area (Å²) in [6, 6.07) is 16.3. The van der Waals surface area contributed by atoms with Crippen LogP contribution in [0.5, 0.6) is 0 Å². The third-order valence-electron chi connectivity index (χ3n) is 4.04. The number of nitrogens with one attached hydrogen (secondary N) is 2. The van der Waals surface area contributed by atoms with Gasteiger partial charge in [0.1, 0.15) is 0 Å². The summed E-state index contributed by atoms with van der Waals surface area (Å²) >= 11 is 0. The van der Waals surface area contributed by atoms with Gasteiger partial charge in [0, 0.05) is 35.8 Å². The molecular weight excluding hydrogens is 338 g/mol. The van der Waals surface area contributed by atoms with E-state index in [1.165, 1.54) is 0 Å². The van der Waals surface area contributed by atoms with Crippen LogP contribution in [-0.2, 0) is 6.54 Å². The molecule has 2 N–H and O–H groups in total. The Kier molecular flexibility index (Phi) is 5.61. The Morgan fingerprint density at radius 3 is 2.26 bits per heavy atom. The average Bonchev–Trinajstić information content (AvgIpc) is 2.66. The third kappa shape index (κ3) is 5.01. The van der Waals surface area contributed by atoms with Gasteiger partial charge >= 0.3 is 0 Å². The van der Waals surface area contributed by atoms with Crippen molar-refractivity contribution < 1.29 is 9.59 Å². The number of carbonyl (C=O) groups excluding carboxylic acids is 2. The van der Waals surface area contributed by atoms with Gasteiger partial charge < -0.3 is 10.6 Å². The van der Waals surface area contributed by atoms with Crippen molar-refractivity contribution in [2.75, 3.05) is 5.32 Å². The molecule has 0 spiro atoms. The molecule has 27 heavy (non-hydrogen) atoms. The van der Waals surface area contributed by atoms with Gasteiger partial charge in [-0.3, -0.25) is 14.6 Å². The number of hydrogen-bond donors (Lipinski definition) is 2. The smallest absolute Gasteiger partial charge is 0.255 e. The molecule has 1 aromatic heterocycles. The predicted molar refractivity (Wildman–Crippen MR) is 106 cm³/mol. The first kappa shape index (κ1) is 18.3. The molecule has 3 aromatic rings. The Bertz CT molecular complexity index is 948. The van der Waals surface area contributed by atoms with E-state index >= 15 is 0 Å². The molecule has 3 rings (SSSR count). The highest BCUT2D eigenvalue weighted by atomic mass is 16.2. The number of aromatic nitrogens is 1. The first-order chi connectivity index (χ1) is 13.0. The molecule has 0 saturated carbocycles. The maximum absolute atomic E-state index is 12.5. The van der Waals surface area contributed by atoms with Crippen molar-refractivity contribution >= 4 is 17.5 Å². The highest BCUT2D eigenvalue weighted by Crippen LogP contribution is 2.15. The van der Waals surface area contributed by atoms with Gasteiger partial charge in [-0.2, -0.15) is 0 Å². The second-order valence-electron chi connectivity index (χ2n) is 6.46. The lowest BCUT2D eigenvalue weighted by Crippen LogP contribution is -2.23. The lowest BCUT2D eigenvalue weighted by Gasteiger charge is -2.09. The molecule has 0 unspecified atom stereocenters. The van der Waals surface area contributed by atoms with Crippen LogP contribution in [-0.4, -0.2) is 16.8 Å². The number of carbonyl (C=O) groups is 2. The molecule has 0 aliphatic carbocycles. The number of rotatable bonds is 5. The standard InChI is InChI=1S/C22H21N3O2/c1-15-9-16(2)11-20(10-15)25-22(27)19-7-3-6-18(12-19)21(26)24-14-17-5-4-8-23-13-17/h3-13H,14H2,1-2H3,(H,24,26)(H,25,27). The summed E-state index contributed by atoms with van der Waals surface area (Å²) in [5.74, 6) is -0.484. The second kappa shape index (κ2) is 8.27. The maximum Gasteiger partial charge on any atom is 0.255 e. The number of anilines is 1. The largest absolute Gasteiger partial charge is 0.348 e. The SMILES string of the molecule is Cc1cc(C)cc(NC(=O)c2cccc(C(=O)NCc3cccnc3)c2)c1. The van der Waals surface area contributed by atoms with Crippen molar-refractivity contribution in [2.24, 2.45) is 0 Å². The molecule has 5 heteroatoms. The number of nitrogens with zero attached hydrogens (tertiary/aromatic N) is 1. The lowest BCUT2D eigenvalue weighted by molar-refractivity contribution is 0.0951. The molecular formula is C22H21N3O2. The van der Waals surface area contributed by atoms with Crippen LogP contribution < -0.4 is 10.6 Å². The molecule has 0 aliphatic rings. The predicted octanol–water partition coefficient (Wildman–Crippen LogP) is 3.88. The second-order valence-corrected chi connectivity index (χ2v) is 6.46. The van der Waals surface area contributed by atoms with E-state index in [2.05, 4.69) is 15.6 Å². The Morgan fingerprint density at radius 2 is 1.59 bits per heavy atom. The van der Waals surface area contributed by atoms with Gasteiger partial charge in [-0.25, -0.2) is 0 Å². The minimum Gasteiger partial charge on any atom is -0.348 e. The van der Waals surface area contributed by atoms with Crippen LogP contribution in [0, 0.1) is 13.8 Å². The third-order valence-corrected chi connectivity index (χ3v) is 4.04. The van der Waals surface area contributed by atoms with Crippen molar-refractivity contribution in [3.63, 3.8) is 0 Å². The minimum atomic E-state index is -0.248. The molecule has 0 fully saturated rings. The number of hydrogen-bond acceptors (Lipinski definition) is 3. The Hall–Kier alpha value is -3.47. The molecule has 1 heterocycles. The van der Waals surface area contributed by atoms with Crippen LogP contribution in [0.4, 0.5) is 5.69 Å². The van der Waals surface area contributed by atoms with E-state index in [0.29, 0.717) is 17.7 Å². The van der Waals surface area contributed by atoms with E-state index in [1.807, 2.05) is 44.2 Å². The van der Waals surface area contributed by atoms with E-state index in [1.54, 1.807) is 36.7 Å². The summed E-state index contributed by atoms with van der Waals surface area (Å²) in [7, 11) is 0. The summed E-state index contributed by atoms with van der Waals surface area (Å²) in [5.41, 5.74) is 4.68. The monoisotopic (exact) mass is 359 g/mol. The van der Waals surface area contributed by atoms with Gasteiger partial charge in [0.2, 0.25) is 0 Å². The van der Waals surface area contributed by atoms with E-state index < -0.39 is 0 Å². The van der Waals surface area contributed by atoms with Gasteiger partial charge in [0.25, 0.3) is 11.8 Å². The number of benzene rings is 2. The first-order valence-corrected chi connectivity index (χ1v) is 8.68. The van der Waals surface area contributed by atoms with Gasteiger partial charge in [-0.15, -0.1) is 0 Å². The molecule has 0 bridgehead atoms. The Labute approximate surface area is 158 Å². The molecule has 136 valence electrons. The minimum absolute atomic E-state index is 0.236. The summed E-state index contributed by atoms with van der Waals surface area (Å²) in [4.78, 5) is 28.9. The van der Waals surface area contributed by atoms with Gasteiger partial charge in [0.15, 0.2) is 0 Å². The highest BCUT2D eigenvalue weighted by Gasteiger charge is 2.11. The quantitative estimate of drug-likeness (QED) is 0.726. The zero-order chi connectivity index (χ0) is 19.2. The molecule has 2 amide bonds. The molecule has 0 aliphatic heterocycles. The Balaban J connectivity index is 1.68. The number of amides is 2. The molecule has 2 aromatic carbocycles. The fourth-order valence-corrected chi connectivity index (χ4v) is 2.84. The number of aryl methyl sites for hydroxylation is 2. The normalized spacial score (nSPS) is 10.3. The van der Waals surface area contributed by atoms with Gasteiger partial charge in [-0.05, 0) is 66.9 Å². The number of pyridine rings is 1. The van der Waals surface area contributed by atoms with Gasteiger partial charge in [0.05, 0.1) is 0 Å². The maximum atomic E-state index is 12.5. The fraction of sp³-hybridized carbons (Fsp3) is 0.136. The zero-order valence-electron chi connectivity index (χ0n) is 15.3. The summed E-state index contributed by atoms with van der Waals surface area (Å²) < 4.78 is 0. The van der Waals surface area contributed by atoms with Crippen LogP contribution >= 0.6 is 0 Å². The molecule has 0 atom stereocenters. The molecule has 0 radical (unpaired) electrons. The van der Waals surface area contributed by atoms with E-state index in [0.717, 1.165) is 22.4 Å². The van der Waals surface area contributed by atoms with Crippen LogP contribution in [0.3, 0.4) is 0 Å². The zero-order valence-corrected chi connectivity index (χ0v) is 15.3. The summed E-state index contributed by atoms with van der Waals surface area (Å²) in [5, 5.41) is 5.72. The van der Waals surface area contributed by atoms with Crippen molar-refractivity contribution in [2.45, 2.75) is 20.4 Å². The van der Waals surface area contributed by atoms with Crippen molar-refractivity contribution in [3.8, 4) is 0 Å². The van der Waals surface area contributed by atoms with E-state index in [9.17, 15) is 9.59 Å².